The van der Waals surface area contributed by atoms with Crippen molar-refractivity contribution in [1.29, 1.82) is 0 Å². The van der Waals surface area contributed by atoms with E-state index >= 15 is 0 Å². The lowest BCUT2D eigenvalue weighted by Gasteiger charge is -2.22. The van der Waals surface area contributed by atoms with Crippen LogP contribution in [0.4, 0.5) is 23.0 Å². The third-order valence-electron chi connectivity index (χ3n) is 3.37. The van der Waals surface area contributed by atoms with Crippen LogP contribution in [-0.4, -0.2) is 29.7 Å². The van der Waals surface area contributed by atoms with Gasteiger partial charge in [-0.15, -0.1) is 0 Å². The van der Waals surface area contributed by atoms with Gasteiger partial charge in [0.2, 0.25) is 0 Å². The third-order valence-corrected chi connectivity index (χ3v) is 3.37. The maximum absolute atomic E-state index is 6.24. The molecule has 1 aromatic heterocycles. The summed E-state index contributed by atoms with van der Waals surface area (Å²) in [6, 6.07) is 7.71. The molecule has 0 amide bonds. The molecule has 0 saturated heterocycles. The summed E-state index contributed by atoms with van der Waals surface area (Å²) in [5.41, 5.74) is 7.61. The predicted molar refractivity (Wildman–Crippen MR) is 90.9 cm³/mol. The molecule has 3 N–H and O–H groups in total. The third kappa shape index (κ3) is 3.39. The fourth-order valence-electron chi connectivity index (χ4n) is 2.24. The van der Waals surface area contributed by atoms with Gasteiger partial charge >= 0.3 is 0 Å². The molecular formula is C16H23N5O. The van der Waals surface area contributed by atoms with E-state index in [4.69, 9.17) is 10.5 Å². The van der Waals surface area contributed by atoms with Crippen molar-refractivity contribution in [2.75, 3.05) is 35.6 Å². The highest BCUT2D eigenvalue weighted by Crippen LogP contribution is 2.32. The smallest absolute Gasteiger partial charge is 0.159 e. The van der Waals surface area contributed by atoms with Gasteiger partial charge in [0.25, 0.3) is 0 Å². The first-order valence-electron chi connectivity index (χ1n) is 7.55. The summed E-state index contributed by atoms with van der Waals surface area (Å²) >= 11 is 0. The molecule has 2 rings (SSSR count). The lowest BCUT2D eigenvalue weighted by Crippen LogP contribution is -2.24. The number of aromatic nitrogens is 2. The molecule has 0 saturated carbocycles. The number of nitrogens with two attached hydrogens (primary N) is 1. The highest BCUT2D eigenvalue weighted by molar-refractivity contribution is 5.79. The van der Waals surface area contributed by atoms with Gasteiger partial charge in [0, 0.05) is 13.1 Å². The summed E-state index contributed by atoms with van der Waals surface area (Å²) in [6.45, 7) is 8.38. The second kappa shape index (κ2) is 7.49. The average molecular weight is 301 g/mol. The standard InChI is InChI=1S/C16H23N5O/c1-4-21(5-2)16-14(17)15(18-11-19-16)20-12-9-7-8-10-13(12)22-6-3/h7-11H,4-6,17H2,1-3H3,(H,18,19,20). The van der Waals surface area contributed by atoms with Gasteiger partial charge in [0.15, 0.2) is 11.6 Å². The van der Waals surface area contributed by atoms with Crippen molar-refractivity contribution in [2.45, 2.75) is 20.8 Å². The summed E-state index contributed by atoms with van der Waals surface area (Å²) in [5, 5.41) is 3.24. The van der Waals surface area contributed by atoms with Crippen molar-refractivity contribution in [2.24, 2.45) is 0 Å². The quantitative estimate of drug-likeness (QED) is 0.818. The van der Waals surface area contributed by atoms with Gasteiger partial charge in [-0.3, -0.25) is 0 Å². The lowest BCUT2D eigenvalue weighted by atomic mass is 10.3. The Morgan fingerprint density at radius 2 is 1.86 bits per heavy atom. The van der Waals surface area contributed by atoms with E-state index in [0.29, 0.717) is 18.1 Å². The largest absolute Gasteiger partial charge is 0.492 e. The molecule has 0 spiro atoms. The molecule has 0 bridgehead atoms. The molecule has 118 valence electrons. The van der Waals surface area contributed by atoms with E-state index in [-0.39, 0.29) is 0 Å². The summed E-state index contributed by atoms with van der Waals surface area (Å²) in [5.74, 6) is 2.10. The minimum atomic E-state index is 0.539. The molecular weight excluding hydrogens is 278 g/mol. The Kier molecular flexibility index (Phi) is 5.41. The second-order valence-electron chi connectivity index (χ2n) is 4.69. The van der Waals surface area contributed by atoms with Crippen LogP contribution in [0.5, 0.6) is 5.75 Å². The average Bonchev–Trinajstić information content (AvgIpc) is 2.54. The van der Waals surface area contributed by atoms with E-state index in [1.807, 2.05) is 31.2 Å². The molecule has 0 aliphatic carbocycles. The Morgan fingerprint density at radius 3 is 2.55 bits per heavy atom. The van der Waals surface area contributed by atoms with Crippen molar-refractivity contribution in [1.82, 2.24) is 9.97 Å². The Balaban J connectivity index is 2.33. The van der Waals surface area contributed by atoms with Crippen LogP contribution in [0.2, 0.25) is 0 Å². The van der Waals surface area contributed by atoms with E-state index in [1.54, 1.807) is 0 Å². The van der Waals surface area contributed by atoms with Gasteiger partial charge in [-0.25, -0.2) is 9.97 Å². The van der Waals surface area contributed by atoms with Crippen molar-refractivity contribution >= 4 is 23.0 Å². The minimum absolute atomic E-state index is 0.539. The van der Waals surface area contributed by atoms with Crippen molar-refractivity contribution < 1.29 is 4.74 Å². The number of nitrogens with zero attached hydrogens (tertiary/aromatic N) is 3. The van der Waals surface area contributed by atoms with Gasteiger partial charge in [0.1, 0.15) is 17.8 Å². The molecule has 0 aliphatic heterocycles. The zero-order chi connectivity index (χ0) is 15.9. The molecule has 0 unspecified atom stereocenters. The normalized spacial score (nSPS) is 10.3. The Hall–Kier alpha value is -2.50. The first-order chi connectivity index (χ1) is 10.7. The van der Waals surface area contributed by atoms with E-state index in [2.05, 4.69) is 34.0 Å². The zero-order valence-corrected chi connectivity index (χ0v) is 13.3. The first kappa shape index (κ1) is 15.9. The van der Waals surface area contributed by atoms with Crippen LogP contribution in [0.15, 0.2) is 30.6 Å². The van der Waals surface area contributed by atoms with Crippen LogP contribution in [0, 0.1) is 0 Å². The number of anilines is 4. The SMILES string of the molecule is CCOc1ccccc1Nc1ncnc(N(CC)CC)c1N. The molecule has 2 aromatic rings. The fraction of sp³-hybridized carbons (Fsp3) is 0.375. The van der Waals surface area contributed by atoms with E-state index < -0.39 is 0 Å². The zero-order valence-electron chi connectivity index (χ0n) is 13.3. The van der Waals surface area contributed by atoms with Crippen LogP contribution >= 0.6 is 0 Å². The maximum Gasteiger partial charge on any atom is 0.159 e. The van der Waals surface area contributed by atoms with E-state index in [0.717, 1.165) is 30.3 Å². The van der Waals surface area contributed by atoms with Gasteiger partial charge in [-0.1, -0.05) is 12.1 Å². The number of ether oxygens (including phenoxy) is 1. The first-order valence-corrected chi connectivity index (χ1v) is 7.55. The van der Waals surface area contributed by atoms with Gasteiger partial charge < -0.3 is 20.7 Å². The van der Waals surface area contributed by atoms with Gasteiger partial charge in [0.05, 0.1) is 12.3 Å². The van der Waals surface area contributed by atoms with E-state index in [1.165, 1.54) is 6.33 Å². The number of nitrogens with one attached hydrogen (secondary N) is 1. The number of hydrogen-bond donors (Lipinski definition) is 2. The van der Waals surface area contributed by atoms with Crippen molar-refractivity contribution in [3.05, 3.63) is 30.6 Å². The summed E-state index contributed by atoms with van der Waals surface area (Å²) in [6.07, 6.45) is 1.52. The molecule has 0 aliphatic rings. The van der Waals surface area contributed by atoms with Crippen LogP contribution in [0.1, 0.15) is 20.8 Å². The van der Waals surface area contributed by atoms with Crippen LogP contribution in [0.25, 0.3) is 0 Å². The Bertz CT molecular complexity index is 613. The number of para-hydroxylation sites is 2. The van der Waals surface area contributed by atoms with Crippen molar-refractivity contribution in [3.8, 4) is 5.75 Å². The molecule has 1 aromatic carbocycles. The molecule has 1 heterocycles. The van der Waals surface area contributed by atoms with Gasteiger partial charge in [-0.2, -0.15) is 0 Å². The highest BCUT2D eigenvalue weighted by Gasteiger charge is 2.14. The topological polar surface area (TPSA) is 76.3 Å². The predicted octanol–water partition coefficient (Wildman–Crippen LogP) is 3.05. The number of rotatable bonds is 7. The minimum Gasteiger partial charge on any atom is -0.492 e. The Morgan fingerprint density at radius 1 is 1.14 bits per heavy atom. The summed E-state index contributed by atoms with van der Waals surface area (Å²) < 4.78 is 5.61. The Labute approximate surface area is 131 Å². The maximum atomic E-state index is 6.24. The molecule has 0 atom stereocenters. The highest BCUT2D eigenvalue weighted by atomic mass is 16.5. The molecule has 6 heteroatoms. The second-order valence-corrected chi connectivity index (χ2v) is 4.69. The number of hydrogen-bond acceptors (Lipinski definition) is 6. The van der Waals surface area contributed by atoms with E-state index in [9.17, 15) is 0 Å². The molecule has 0 radical (unpaired) electrons. The van der Waals surface area contributed by atoms with Crippen LogP contribution in [0.3, 0.4) is 0 Å². The summed E-state index contributed by atoms with van der Waals surface area (Å²) in [7, 11) is 0. The monoisotopic (exact) mass is 301 g/mol. The summed E-state index contributed by atoms with van der Waals surface area (Å²) in [4.78, 5) is 10.7. The number of nitrogen functional groups attached to an aromatic ring is 1. The molecule has 6 nitrogen and oxygen atoms in total. The van der Waals surface area contributed by atoms with Gasteiger partial charge in [-0.05, 0) is 32.9 Å². The molecule has 0 fully saturated rings. The fourth-order valence-corrected chi connectivity index (χ4v) is 2.24. The van der Waals surface area contributed by atoms with Crippen LogP contribution < -0.4 is 20.7 Å². The van der Waals surface area contributed by atoms with Crippen LogP contribution in [-0.2, 0) is 0 Å². The molecule has 22 heavy (non-hydrogen) atoms. The number of benzene rings is 1. The lowest BCUT2D eigenvalue weighted by molar-refractivity contribution is 0.342. The van der Waals surface area contributed by atoms with Crippen molar-refractivity contribution in [3.63, 3.8) is 0 Å².